The van der Waals surface area contributed by atoms with Gasteiger partial charge in [0, 0.05) is 22.5 Å². The van der Waals surface area contributed by atoms with Gasteiger partial charge in [0.25, 0.3) is 5.91 Å². The second-order valence-electron chi connectivity index (χ2n) is 5.58. The van der Waals surface area contributed by atoms with Gasteiger partial charge >= 0.3 is 0 Å². The lowest BCUT2D eigenvalue weighted by Gasteiger charge is -2.12. The van der Waals surface area contributed by atoms with E-state index in [1.807, 2.05) is 18.2 Å². The van der Waals surface area contributed by atoms with E-state index in [1.54, 1.807) is 42.6 Å². The van der Waals surface area contributed by atoms with Crippen molar-refractivity contribution in [3.8, 4) is 0 Å². The maximum Gasteiger partial charge on any atom is 0.257 e. The van der Waals surface area contributed by atoms with Gasteiger partial charge in [-0.05, 0) is 60.7 Å². The van der Waals surface area contributed by atoms with Gasteiger partial charge in [0.2, 0.25) is 5.96 Å². The molecule has 0 aliphatic heterocycles. The third-order valence-electron chi connectivity index (χ3n) is 3.57. The Morgan fingerprint density at radius 1 is 1.04 bits per heavy atom. The van der Waals surface area contributed by atoms with Crippen LogP contribution < -0.4 is 10.6 Å². The van der Waals surface area contributed by atoms with Crippen LogP contribution in [0.25, 0.3) is 0 Å². The first-order valence-corrected chi connectivity index (χ1v) is 8.52. The van der Waals surface area contributed by atoms with Crippen LogP contribution in [0.15, 0.2) is 77.9 Å². The van der Waals surface area contributed by atoms with Crippen LogP contribution in [-0.2, 0) is 6.54 Å². The van der Waals surface area contributed by atoms with Crippen molar-refractivity contribution in [3.63, 3.8) is 0 Å². The molecule has 3 aromatic rings. The molecule has 1 amide bonds. The number of halogens is 2. The highest BCUT2D eigenvalue weighted by molar-refractivity contribution is 6.30. The first kappa shape index (κ1) is 18.5. The summed E-state index contributed by atoms with van der Waals surface area (Å²) < 4.78 is 13.1. The summed E-state index contributed by atoms with van der Waals surface area (Å²) >= 11 is 5.85. The van der Waals surface area contributed by atoms with Gasteiger partial charge < -0.3 is 5.32 Å². The number of pyridine rings is 1. The second kappa shape index (κ2) is 8.91. The molecule has 0 aliphatic carbocycles. The minimum atomic E-state index is -0.349. The number of amides is 1. The zero-order chi connectivity index (χ0) is 19.1. The van der Waals surface area contributed by atoms with Gasteiger partial charge in [-0.25, -0.2) is 9.38 Å². The third kappa shape index (κ3) is 5.62. The number of hydrogen-bond donors (Lipinski definition) is 2. The van der Waals surface area contributed by atoms with Gasteiger partial charge in [-0.3, -0.25) is 15.1 Å². The van der Waals surface area contributed by atoms with E-state index >= 15 is 0 Å². The van der Waals surface area contributed by atoms with Crippen LogP contribution in [0.3, 0.4) is 0 Å². The minimum Gasteiger partial charge on any atom is -0.326 e. The number of aromatic nitrogens is 1. The van der Waals surface area contributed by atoms with Crippen LogP contribution in [0.4, 0.5) is 10.1 Å². The van der Waals surface area contributed by atoms with E-state index < -0.39 is 0 Å². The summed E-state index contributed by atoms with van der Waals surface area (Å²) in [4.78, 5) is 21.1. The van der Waals surface area contributed by atoms with E-state index in [2.05, 4.69) is 20.6 Å². The number of hydrogen-bond acceptors (Lipinski definition) is 3. The fraction of sp³-hybridized carbons (Fsp3) is 0.0500. The average Bonchev–Trinajstić information content (AvgIpc) is 2.69. The Morgan fingerprint density at radius 3 is 2.44 bits per heavy atom. The SMILES string of the molecule is O=C(NC(=NCc1ccccn1)Nc1ccc(F)cc1)c1ccc(Cl)cc1. The lowest BCUT2D eigenvalue weighted by Crippen LogP contribution is -2.36. The number of carbonyl (C=O) groups is 1. The summed E-state index contributed by atoms with van der Waals surface area (Å²) in [7, 11) is 0. The summed E-state index contributed by atoms with van der Waals surface area (Å²) in [6.45, 7) is 0.269. The topological polar surface area (TPSA) is 66.4 Å². The summed E-state index contributed by atoms with van der Waals surface area (Å²) in [5.41, 5.74) is 1.77. The fourth-order valence-electron chi connectivity index (χ4n) is 2.21. The molecule has 0 atom stereocenters. The molecule has 0 saturated carbocycles. The Morgan fingerprint density at radius 2 is 1.78 bits per heavy atom. The number of carbonyl (C=O) groups excluding carboxylic acids is 1. The van der Waals surface area contributed by atoms with E-state index in [0.29, 0.717) is 16.3 Å². The van der Waals surface area contributed by atoms with Gasteiger partial charge in [-0.1, -0.05) is 17.7 Å². The molecule has 0 fully saturated rings. The molecule has 7 heteroatoms. The number of anilines is 1. The predicted molar refractivity (Wildman–Crippen MR) is 104 cm³/mol. The van der Waals surface area contributed by atoms with Crippen LogP contribution in [0.5, 0.6) is 0 Å². The van der Waals surface area contributed by atoms with Crippen molar-refractivity contribution in [1.29, 1.82) is 0 Å². The van der Waals surface area contributed by atoms with Crippen LogP contribution in [0.1, 0.15) is 16.1 Å². The van der Waals surface area contributed by atoms with Crippen molar-refractivity contribution in [2.75, 3.05) is 5.32 Å². The molecule has 0 radical (unpaired) electrons. The van der Waals surface area contributed by atoms with Crippen molar-refractivity contribution in [1.82, 2.24) is 10.3 Å². The molecular weight excluding hydrogens is 367 g/mol. The zero-order valence-corrected chi connectivity index (χ0v) is 14.9. The van der Waals surface area contributed by atoms with Crippen molar-refractivity contribution < 1.29 is 9.18 Å². The second-order valence-corrected chi connectivity index (χ2v) is 6.02. The normalized spacial score (nSPS) is 11.1. The van der Waals surface area contributed by atoms with Gasteiger partial charge in [0.15, 0.2) is 0 Å². The predicted octanol–water partition coefficient (Wildman–Crippen LogP) is 4.27. The molecule has 0 spiro atoms. The number of guanidine groups is 1. The van der Waals surface area contributed by atoms with E-state index in [4.69, 9.17) is 11.6 Å². The summed E-state index contributed by atoms with van der Waals surface area (Å²) in [5.74, 6) is -0.467. The minimum absolute atomic E-state index is 0.229. The quantitative estimate of drug-likeness (QED) is 0.523. The molecule has 1 heterocycles. The lowest BCUT2D eigenvalue weighted by molar-refractivity contribution is 0.0977. The first-order valence-electron chi connectivity index (χ1n) is 8.14. The van der Waals surface area contributed by atoms with Crippen LogP contribution in [0.2, 0.25) is 5.02 Å². The van der Waals surface area contributed by atoms with Crippen molar-refractivity contribution in [3.05, 3.63) is 95.0 Å². The molecular formula is C20H16ClFN4O. The molecule has 5 nitrogen and oxygen atoms in total. The Hall–Kier alpha value is -3.25. The van der Waals surface area contributed by atoms with Gasteiger partial charge in [0.05, 0.1) is 12.2 Å². The van der Waals surface area contributed by atoms with E-state index in [0.717, 1.165) is 5.69 Å². The van der Waals surface area contributed by atoms with Crippen molar-refractivity contribution >= 4 is 29.2 Å². The smallest absolute Gasteiger partial charge is 0.257 e. The molecule has 0 bridgehead atoms. The molecule has 3 rings (SSSR count). The monoisotopic (exact) mass is 382 g/mol. The molecule has 27 heavy (non-hydrogen) atoms. The van der Waals surface area contributed by atoms with Crippen LogP contribution >= 0.6 is 11.6 Å². The highest BCUT2D eigenvalue weighted by Gasteiger charge is 2.10. The summed E-state index contributed by atoms with van der Waals surface area (Å²) in [6, 6.07) is 17.8. The van der Waals surface area contributed by atoms with Gasteiger partial charge in [-0.2, -0.15) is 0 Å². The Labute approximate surface area is 160 Å². The zero-order valence-electron chi connectivity index (χ0n) is 14.2. The lowest BCUT2D eigenvalue weighted by atomic mass is 10.2. The van der Waals surface area contributed by atoms with E-state index in [9.17, 15) is 9.18 Å². The summed E-state index contributed by atoms with van der Waals surface area (Å²) in [5, 5.41) is 6.25. The maximum atomic E-state index is 13.1. The number of benzene rings is 2. The van der Waals surface area contributed by atoms with Crippen LogP contribution in [0, 0.1) is 5.82 Å². The molecule has 2 aromatic carbocycles. The summed E-state index contributed by atoms with van der Waals surface area (Å²) in [6.07, 6.45) is 1.67. The number of nitrogens with zero attached hydrogens (tertiary/aromatic N) is 2. The standard InChI is InChI=1S/C20H16ClFN4O/c21-15-6-4-14(5-7-15)19(27)26-20(24-13-18-3-1-2-12-23-18)25-17-10-8-16(22)9-11-17/h1-12H,13H2,(H2,24,25,26,27). The molecule has 1 aromatic heterocycles. The number of aliphatic imine (C=N–C) groups is 1. The largest absolute Gasteiger partial charge is 0.326 e. The highest BCUT2D eigenvalue weighted by atomic mass is 35.5. The van der Waals surface area contributed by atoms with Crippen molar-refractivity contribution in [2.24, 2.45) is 4.99 Å². The fourth-order valence-corrected chi connectivity index (χ4v) is 2.34. The first-order chi connectivity index (χ1) is 13.1. The number of nitrogens with one attached hydrogen (secondary N) is 2. The third-order valence-corrected chi connectivity index (χ3v) is 3.82. The van der Waals surface area contributed by atoms with Gasteiger partial charge in [-0.15, -0.1) is 0 Å². The maximum absolute atomic E-state index is 13.1. The van der Waals surface area contributed by atoms with Gasteiger partial charge in [0.1, 0.15) is 5.82 Å². The van der Waals surface area contributed by atoms with E-state index in [-0.39, 0.29) is 24.2 Å². The highest BCUT2D eigenvalue weighted by Crippen LogP contribution is 2.11. The Bertz CT molecular complexity index is 928. The Balaban J connectivity index is 1.78. The number of rotatable bonds is 4. The molecule has 2 N–H and O–H groups in total. The van der Waals surface area contributed by atoms with Crippen molar-refractivity contribution in [2.45, 2.75) is 6.54 Å². The Kier molecular flexibility index (Phi) is 6.12. The average molecular weight is 383 g/mol. The molecule has 136 valence electrons. The van der Waals surface area contributed by atoms with E-state index in [1.165, 1.54) is 12.1 Å². The van der Waals surface area contributed by atoms with Crippen LogP contribution in [-0.4, -0.2) is 16.9 Å². The molecule has 0 saturated heterocycles. The molecule has 0 unspecified atom stereocenters. The molecule has 0 aliphatic rings.